The van der Waals surface area contributed by atoms with E-state index in [4.69, 9.17) is 19.7 Å². The van der Waals surface area contributed by atoms with Crippen LogP contribution in [0.4, 0.5) is 0 Å². The Labute approximate surface area is 349 Å². The Morgan fingerprint density at radius 2 is 1.23 bits per heavy atom. The molecule has 0 saturated carbocycles. The van der Waals surface area contributed by atoms with Crippen LogP contribution in [-0.2, 0) is 0 Å². The second kappa shape index (κ2) is 12.5. The van der Waals surface area contributed by atoms with Gasteiger partial charge in [-0.05, 0) is 83.1 Å². The largest absolute Gasteiger partial charge is 0.481 e. The zero-order valence-corrected chi connectivity index (χ0v) is 33.3. The van der Waals surface area contributed by atoms with Gasteiger partial charge in [0.05, 0.1) is 17.0 Å². The molecule has 0 N–H and O–H groups in total. The van der Waals surface area contributed by atoms with E-state index in [0.29, 0.717) is 17.5 Å². The second-order valence-electron chi connectivity index (χ2n) is 16.1. The fraction of sp³-hybridized carbons (Fsp3) is 0.0556. The van der Waals surface area contributed by atoms with Crippen molar-refractivity contribution < 1.29 is 4.74 Å². The third kappa shape index (κ3) is 4.88. The highest BCUT2D eigenvalue weighted by molar-refractivity contribution is 7.25. The number of allylic oxidation sites excluding steroid dienone is 2. The van der Waals surface area contributed by atoms with Crippen LogP contribution in [0, 0.1) is 0 Å². The zero-order valence-electron chi connectivity index (χ0n) is 32.5. The van der Waals surface area contributed by atoms with Crippen LogP contribution in [0.3, 0.4) is 0 Å². The van der Waals surface area contributed by atoms with Crippen LogP contribution in [-0.4, -0.2) is 25.1 Å². The Kier molecular flexibility index (Phi) is 7.02. The fourth-order valence-corrected chi connectivity index (χ4v) is 10.9. The van der Waals surface area contributed by atoms with Gasteiger partial charge < -0.3 is 9.30 Å². The molecule has 3 aromatic heterocycles. The molecule has 60 heavy (non-hydrogen) atoms. The SMILES string of the molecule is CC12Oc3ccccc3C1C=C(n1c3ccccc3c3cc4ccccc4cc31)C=C2c1nc(-c2ccc3ccccc3c2)nc(-c2cccc3sc4ccccc4c23)n1. The molecule has 8 aromatic carbocycles. The van der Waals surface area contributed by atoms with Crippen molar-refractivity contribution >= 4 is 86.1 Å². The normalized spacial score (nSPS) is 17.3. The number of hydrogen-bond donors (Lipinski definition) is 0. The maximum atomic E-state index is 7.11. The minimum atomic E-state index is -0.807. The highest BCUT2D eigenvalue weighted by Gasteiger charge is 2.50. The summed E-state index contributed by atoms with van der Waals surface area (Å²) >= 11 is 1.80. The Hall–Kier alpha value is -7.41. The average Bonchev–Trinajstić information content (AvgIpc) is 3.94. The molecule has 2 aliphatic rings. The van der Waals surface area contributed by atoms with Gasteiger partial charge in [-0.3, -0.25) is 0 Å². The van der Waals surface area contributed by atoms with E-state index in [2.05, 4.69) is 194 Å². The summed E-state index contributed by atoms with van der Waals surface area (Å²) in [5.41, 5.74) is 6.50. The number of aromatic nitrogens is 4. The average molecular weight is 787 g/mol. The molecular weight excluding hydrogens is 753 g/mol. The lowest BCUT2D eigenvalue weighted by atomic mass is 9.76. The first-order valence-corrected chi connectivity index (χ1v) is 21.2. The van der Waals surface area contributed by atoms with Crippen molar-refractivity contribution in [2.24, 2.45) is 0 Å². The molecule has 2 unspecified atom stereocenters. The summed E-state index contributed by atoms with van der Waals surface area (Å²) in [6.45, 7) is 2.20. The van der Waals surface area contributed by atoms with E-state index in [1.54, 1.807) is 11.3 Å². The quantitative estimate of drug-likeness (QED) is 0.178. The summed E-state index contributed by atoms with van der Waals surface area (Å²) in [7, 11) is 0. The van der Waals surface area contributed by atoms with Crippen LogP contribution in [0.5, 0.6) is 5.75 Å². The van der Waals surface area contributed by atoms with Crippen molar-refractivity contribution in [2.75, 3.05) is 0 Å². The van der Waals surface area contributed by atoms with Crippen molar-refractivity contribution in [2.45, 2.75) is 18.4 Å². The lowest BCUT2D eigenvalue weighted by Gasteiger charge is -2.35. The van der Waals surface area contributed by atoms with Crippen LogP contribution >= 0.6 is 11.3 Å². The van der Waals surface area contributed by atoms with E-state index < -0.39 is 5.60 Å². The Balaban J connectivity index is 1.11. The second-order valence-corrected chi connectivity index (χ2v) is 17.2. The molecule has 1 aliphatic carbocycles. The summed E-state index contributed by atoms with van der Waals surface area (Å²) < 4.78 is 12.0. The number of para-hydroxylation sites is 2. The van der Waals surface area contributed by atoms with E-state index in [-0.39, 0.29) is 5.92 Å². The molecule has 4 heterocycles. The molecule has 0 bridgehead atoms. The molecule has 5 nitrogen and oxygen atoms in total. The summed E-state index contributed by atoms with van der Waals surface area (Å²) in [4.78, 5) is 16.3. The molecule has 0 fully saturated rings. The maximum absolute atomic E-state index is 7.11. The number of nitrogens with zero attached hydrogens (tertiary/aromatic N) is 4. The fourth-order valence-electron chi connectivity index (χ4n) is 9.79. The predicted octanol–water partition coefficient (Wildman–Crippen LogP) is 13.9. The highest BCUT2D eigenvalue weighted by Crippen LogP contribution is 2.55. The van der Waals surface area contributed by atoms with Gasteiger partial charge in [0, 0.05) is 58.9 Å². The van der Waals surface area contributed by atoms with Crippen LogP contribution in [0.1, 0.15) is 24.2 Å². The van der Waals surface area contributed by atoms with E-state index in [0.717, 1.165) is 55.5 Å². The van der Waals surface area contributed by atoms with Crippen molar-refractivity contribution in [1.82, 2.24) is 19.5 Å². The molecule has 13 rings (SSSR count). The van der Waals surface area contributed by atoms with Gasteiger partial charge >= 0.3 is 0 Å². The van der Waals surface area contributed by atoms with Gasteiger partial charge in [-0.15, -0.1) is 11.3 Å². The molecule has 282 valence electrons. The molecule has 1 aliphatic heterocycles. The maximum Gasteiger partial charge on any atom is 0.164 e. The van der Waals surface area contributed by atoms with Gasteiger partial charge in [0.1, 0.15) is 11.4 Å². The third-order valence-electron chi connectivity index (χ3n) is 12.7. The van der Waals surface area contributed by atoms with Gasteiger partial charge in [0.2, 0.25) is 0 Å². The highest BCUT2D eigenvalue weighted by atomic mass is 32.1. The minimum Gasteiger partial charge on any atom is -0.481 e. The third-order valence-corrected chi connectivity index (χ3v) is 13.8. The molecular formula is C54H34N4OS. The van der Waals surface area contributed by atoms with Crippen LogP contribution in [0.15, 0.2) is 182 Å². The number of thiophene rings is 1. The zero-order chi connectivity index (χ0) is 39.5. The Morgan fingerprint density at radius 3 is 2.12 bits per heavy atom. The number of hydrogen-bond acceptors (Lipinski definition) is 5. The number of fused-ring (bicyclic) bond motifs is 11. The molecule has 0 amide bonds. The molecule has 0 radical (unpaired) electrons. The molecule has 0 spiro atoms. The van der Waals surface area contributed by atoms with Crippen molar-refractivity contribution in [1.29, 1.82) is 0 Å². The van der Waals surface area contributed by atoms with Crippen LogP contribution in [0.2, 0.25) is 0 Å². The van der Waals surface area contributed by atoms with E-state index in [9.17, 15) is 0 Å². The first-order valence-electron chi connectivity index (χ1n) is 20.4. The monoisotopic (exact) mass is 786 g/mol. The molecule has 6 heteroatoms. The first kappa shape index (κ1) is 33.6. The van der Waals surface area contributed by atoms with Gasteiger partial charge in [-0.1, -0.05) is 127 Å². The summed E-state index contributed by atoms with van der Waals surface area (Å²) in [6.07, 6.45) is 4.66. The Bertz CT molecular complexity index is 3690. The summed E-state index contributed by atoms with van der Waals surface area (Å²) in [5.74, 6) is 2.60. The van der Waals surface area contributed by atoms with E-state index in [1.165, 1.54) is 41.7 Å². The standard InChI is InChI=1S/C54H34N4OS/c1-54-43(39-18-7-10-22-47(39)59-54)30-37(58-45-21-9-6-17-38(45)42-28-34-15-4-5-16-35(34)29-46(42)58)31-44(54)53-56-51(36-26-25-32-13-2-3-14-33(32)27-36)55-52(57-53)41-20-12-24-49-50(41)40-19-8-11-23-48(40)60-49/h2-31,43H,1H3. The van der Waals surface area contributed by atoms with Crippen molar-refractivity contribution in [3.8, 4) is 28.5 Å². The minimum absolute atomic E-state index is 0.117. The molecule has 2 atom stereocenters. The van der Waals surface area contributed by atoms with Gasteiger partial charge in [0.15, 0.2) is 17.5 Å². The van der Waals surface area contributed by atoms with Crippen LogP contribution < -0.4 is 4.74 Å². The van der Waals surface area contributed by atoms with Crippen molar-refractivity contribution in [3.63, 3.8) is 0 Å². The predicted molar refractivity (Wildman–Crippen MR) is 249 cm³/mol. The van der Waals surface area contributed by atoms with E-state index >= 15 is 0 Å². The van der Waals surface area contributed by atoms with Gasteiger partial charge in [-0.2, -0.15) is 0 Å². The summed E-state index contributed by atoms with van der Waals surface area (Å²) in [6, 6.07) is 60.4. The smallest absolute Gasteiger partial charge is 0.164 e. The van der Waals surface area contributed by atoms with Crippen LogP contribution in [0.25, 0.3) is 97.6 Å². The number of ether oxygens (including phenoxy) is 1. The number of rotatable bonds is 4. The molecule has 0 saturated heterocycles. The summed E-state index contributed by atoms with van der Waals surface area (Å²) in [5, 5.41) is 9.50. The van der Waals surface area contributed by atoms with Gasteiger partial charge in [0.25, 0.3) is 0 Å². The lowest BCUT2D eigenvalue weighted by Crippen LogP contribution is -2.38. The Morgan fingerprint density at radius 1 is 0.550 bits per heavy atom. The van der Waals surface area contributed by atoms with E-state index in [1.807, 2.05) is 0 Å². The molecule has 11 aromatic rings. The van der Waals surface area contributed by atoms with Crippen molar-refractivity contribution in [3.05, 3.63) is 193 Å². The lowest BCUT2D eigenvalue weighted by molar-refractivity contribution is 0.166. The topological polar surface area (TPSA) is 52.8 Å². The first-order chi connectivity index (χ1) is 29.6. The number of benzene rings is 8. The van der Waals surface area contributed by atoms with Gasteiger partial charge in [-0.25, -0.2) is 15.0 Å².